The molecular weight excluding hydrogens is 393 g/mol. The van der Waals surface area contributed by atoms with Crippen molar-refractivity contribution in [3.8, 4) is 5.75 Å². The number of rotatable bonds is 8. The number of halogens is 2. The van der Waals surface area contributed by atoms with Gasteiger partial charge in [-0.15, -0.1) is 0 Å². The van der Waals surface area contributed by atoms with E-state index < -0.39 is 19.2 Å². The fourth-order valence-electron chi connectivity index (χ4n) is 1.99. The van der Waals surface area contributed by atoms with Crippen LogP contribution in [0.1, 0.15) is 23.7 Å². The summed E-state index contributed by atoms with van der Waals surface area (Å²) in [4.78, 5) is 35.1. The molecule has 0 spiro atoms. The molecule has 0 heterocycles. The summed E-state index contributed by atoms with van der Waals surface area (Å²) < 4.78 is 10.1. The van der Waals surface area contributed by atoms with E-state index in [-0.39, 0.29) is 22.5 Å². The molecule has 2 rings (SSSR count). The number of esters is 1. The number of carbonyl (C=O) groups is 3. The van der Waals surface area contributed by atoms with Gasteiger partial charge in [-0.2, -0.15) is 0 Å². The first kappa shape index (κ1) is 20.7. The smallest absolute Gasteiger partial charge is 0.344 e. The highest BCUT2D eigenvalue weighted by molar-refractivity contribution is 6.35. The molecule has 0 fully saturated rings. The van der Waals surface area contributed by atoms with Crippen LogP contribution >= 0.6 is 23.2 Å². The van der Waals surface area contributed by atoms with Crippen molar-refractivity contribution in [3.05, 3.63) is 58.1 Å². The highest BCUT2D eigenvalue weighted by Gasteiger charge is 2.12. The zero-order valence-electron chi connectivity index (χ0n) is 14.5. The largest absolute Gasteiger partial charge is 0.480 e. The van der Waals surface area contributed by atoms with Crippen molar-refractivity contribution >= 4 is 46.5 Å². The summed E-state index contributed by atoms with van der Waals surface area (Å²) in [6.07, 6.45) is 0.361. The van der Waals surface area contributed by atoms with E-state index in [9.17, 15) is 14.4 Å². The van der Waals surface area contributed by atoms with Crippen LogP contribution in [0.2, 0.25) is 10.0 Å². The Morgan fingerprint density at radius 1 is 1.00 bits per heavy atom. The lowest BCUT2D eigenvalue weighted by Gasteiger charge is -2.09. The lowest BCUT2D eigenvalue weighted by molar-refractivity contribution is -0.144. The molecule has 0 radical (unpaired) electrons. The van der Waals surface area contributed by atoms with Crippen LogP contribution in [0, 0.1) is 0 Å². The minimum atomic E-state index is -0.707. The summed E-state index contributed by atoms with van der Waals surface area (Å²) in [5.74, 6) is -0.916. The van der Waals surface area contributed by atoms with Crippen LogP contribution in [-0.4, -0.2) is 30.9 Å². The van der Waals surface area contributed by atoms with E-state index in [4.69, 9.17) is 32.7 Å². The van der Waals surface area contributed by atoms with Crippen LogP contribution in [0.25, 0.3) is 0 Å². The molecule has 0 atom stereocenters. The van der Waals surface area contributed by atoms with Crippen molar-refractivity contribution in [2.75, 3.05) is 18.5 Å². The number of hydrogen-bond acceptors (Lipinski definition) is 5. The Morgan fingerprint density at radius 2 is 1.70 bits per heavy atom. The Morgan fingerprint density at radius 3 is 2.33 bits per heavy atom. The van der Waals surface area contributed by atoms with Crippen molar-refractivity contribution in [1.82, 2.24) is 0 Å². The number of hydrogen-bond donors (Lipinski definition) is 1. The monoisotopic (exact) mass is 409 g/mol. The molecule has 1 amide bonds. The van der Waals surface area contributed by atoms with Gasteiger partial charge in [0.1, 0.15) is 5.75 Å². The van der Waals surface area contributed by atoms with Gasteiger partial charge in [0.25, 0.3) is 0 Å². The zero-order valence-corrected chi connectivity index (χ0v) is 16.0. The molecule has 2 aromatic carbocycles. The number of Topliss-reactive ketones (excluding diaryl/α,β-unsaturated/α-hetero) is 1. The minimum Gasteiger partial charge on any atom is -0.480 e. The number of carbonyl (C=O) groups excluding carboxylic acids is 3. The van der Waals surface area contributed by atoms with Gasteiger partial charge in [0.05, 0.1) is 5.02 Å². The summed E-state index contributed by atoms with van der Waals surface area (Å²) in [6.45, 7) is 0.931. The molecule has 0 bridgehead atoms. The van der Waals surface area contributed by atoms with Gasteiger partial charge in [0, 0.05) is 22.7 Å². The quantitative estimate of drug-likeness (QED) is 0.523. The minimum absolute atomic E-state index is 0.121. The van der Waals surface area contributed by atoms with Crippen molar-refractivity contribution < 1.29 is 23.9 Å². The van der Waals surface area contributed by atoms with Crippen LogP contribution in [0.15, 0.2) is 42.5 Å². The lowest BCUT2D eigenvalue weighted by Crippen LogP contribution is -2.19. The number of nitrogens with one attached hydrogen (secondary N) is 1. The third-order valence-electron chi connectivity index (χ3n) is 3.42. The molecule has 142 valence electrons. The fourth-order valence-corrected chi connectivity index (χ4v) is 2.45. The van der Waals surface area contributed by atoms with E-state index in [1.54, 1.807) is 37.3 Å². The van der Waals surface area contributed by atoms with Crippen molar-refractivity contribution in [3.63, 3.8) is 0 Å². The molecule has 0 saturated carbocycles. The maximum Gasteiger partial charge on any atom is 0.344 e. The van der Waals surface area contributed by atoms with E-state index in [1.807, 2.05) is 0 Å². The standard InChI is InChI=1S/C19H17Cl2NO5/c1-2-18(24)22-14-6-3-12(4-7-14)16(23)10-27-19(25)11-26-17-8-5-13(20)9-15(17)21/h3-9H,2,10-11H2,1H3,(H,22,24). The molecule has 0 saturated heterocycles. The maximum atomic E-state index is 12.1. The van der Waals surface area contributed by atoms with Gasteiger partial charge in [0.15, 0.2) is 19.0 Å². The second-order valence-electron chi connectivity index (χ2n) is 5.43. The third-order valence-corrected chi connectivity index (χ3v) is 3.95. The molecule has 2 aromatic rings. The van der Waals surface area contributed by atoms with Gasteiger partial charge < -0.3 is 14.8 Å². The second kappa shape index (κ2) is 9.94. The van der Waals surface area contributed by atoms with E-state index in [0.29, 0.717) is 22.7 Å². The molecule has 27 heavy (non-hydrogen) atoms. The first-order chi connectivity index (χ1) is 12.9. The molecule has 0 aliphatic heterocycles. The fraction of sp³-hybridized carbons (Fsp3) is 0.211. The van der Waals surface area contributed by atoms with Crippen molar-refractivity contribution in [2.24, 2.45) is 0 Å². The first-order valence-corrected chi connectivity index (χ1v) is 8.81. The molecule has 8 heteroatoms. The van der Waals surface area contributed by atoms with Gasteiger partial charge in [-0.25, -0.2) is 4.79 Å². The Hall–Kier alpha value is -2.57. The Bertz CT molecular complexity index is 836. The molecule has 1 N–H and O–H groups in total. The summed E-state index contributed by atoms with van der Waals surface area (Å²) in [5.41, 5.74) is 0.947. The second-order valence-corrected chi connectivity index (χ2v) is 6.27. The van der Waals surface area contributed by atoms with Gasteiger partial charge in [-0.3, -0.25) is 9.59 Å². The number of ether oxygens (including phenoxy) is 2. The topological polar surface area (TPSA) is 81.7 Å². The lowest BCUT2D eigenvalue weighted by atomic mass is 10.1. The maximum absolute atomic E-state index is 12.1. The van der Waals surface area contributed by atoms with Crippen LogP contribution in [0.4, 0.5) is 5.69 Å². The molecule has 0 aromatic heterocycles. The average Bonchev–Trinajstić information content (AvgIpc) is 2.65. The molecule has 0 aliphatic rings. The van der Waals surface area contributed by atoms with Gasteiger partial charge >= 0.3 is 5.97 Å². The summed E-state index contributed by atoms with van der Waals surface area (Å²) in [5, 5.41) is 3.39. The van der Waals surface area contributed by atoms with E-state index >= 15 is 0 Å². The average molecular weight is 410 g/mol. The Labute approximate surface area is 166 Å². The molecule has 0 unspecified atom stereocenters. The first-order valence-electron chi connectivity index (χ1n) is 8.05. The highest BCUT2D eigenvalue weighted by Crippen LogP contribution is 2.27. The third kappa shape index (κ3) is 6.58. The Kier molecular flexibility index (Phi) is 7.64. The van der Waals surface area contributed by atoms with E-state index in [0.717, 1.165) is 0 Å². The van der Waals surface area contributed by atoms with E-state index in [1.165, 1.54) is 12.1 Å². The van der Waals surface area contributed by atoms with Crippen LogP contribution < -0.4 is 10.1 Å². The summed E-state index contributed by atoms with van der Waals surface area (Å²) >= 11 is 11.7. The molecular formula is C19H17Cl2NO5. The van der Waals surface area contributed by atoms with Gasteiger partial charge in [-0.1, -0.05) is 30.1 Å². The number of anilines is 1. The van der Waals surface area contributed by atoms with Crippen molar-refractivity contribution in [1.29, 1.82) is 0 Å². The Balaban J connectivity index is 1.80. The molecule has 6 nitrogen and oxygen atoms in total. The molecule has 0 aliphatic carbocycles. The van der Waals surface area contributed by atoms with Crippen LogP contribution in [-0.2, 0) is 14.3 Å². The summed E-state index contributed by atoms with van der Waals surface area (Å²) in [7, 11) is 0. The van der Waals surface area contributed by atoms with E-state index in [2.05, 4.69) is 5.32 Å². The van der Waals surface area contributed by atoms with Gasteiger partial charge in [-0.05, 0) is 42.5 Å². The predicted octanol–water partition coefficient (Wildman–Crippen LogP) is 4.15. The number of benzene rings is 2. The zero-order chi connectivity index (χ0) is 19.8. The highest BCUT2D eigenvalue weighted by atomic mass is 35.5. The van der Waals surface area contributed by atoms with Crippen LogP contribution in [0.5, 0.6) is 5.75 Å². The summed E-state index contributed by atoms with van der Waals surface area (Å²) in [6, 6.07) is 10.9. The van der Waals surface area contributed by atoms with Crippen molar-refractivity contribution in [2.45, 2.75) is 13.3 Å². The van der Waals surface area contributed by atoms with Gasteiger partial charge in [0.2, 0.25) is 5.91 Å². The van der Waals surface area contributed by atoms with Crippen LogP contribution in [0.3, 0.4) is 0 Å². The number of ketones is 1. The number of amides is 1. The predicted molar refractivity (Wildman–Crippen MR) is 103 cm³/mol. The SMILES string of the molecule is CCC(=O)Nc1ccc(C(=O)COC(=O)COc2ccc(Cl)cc2Cl)cc1. The normalized spacial score (nSPS) is 10.2.